The molecule has 50 valence electrons. The van der Waals surface area contributed by atoms with E-state index >= 15 is 0 Å². The van der Waals surface area contributed by atoms with Crippen molar-refractivity contribution >= 4 is 0 Å². The molecule has 0 saturated heterocycles. The zero-order valence-electron chi connectivity index (χ0n) is 5.75. The Morgan fingerprint density at radius 2 is 1.78 bits per heavy atom. The topological polar surface area (TPSA) is 26.0 Å². The summed E-state index contributed by atoms with van der Waals surface area (Å²) in [6.45, 7) is 2.59. The van der Waals surface area contributed by atoms with Crippen LogP contribution in [0.25, 0.3) is 0 Å². The molecule has 0 aliphatic rings. The highest BCUT2D eigenvalue weighted by Crippen LogP contribution is 1.77. The quantitative estimate of drug-likeness (QED) is 0.567. The molecule has 0 aromatic heterocycles. The maximum atomic E-state index is 5.20. The van der Waals surface area contributed by atoms with Gasteiger partial charge in [0, 0.05) is 6.54 Å². The van der Waals surface area contributed by atoms with Crippen LogP contribution in [0, 0.1) is 0 Å². The van der Waals surface area contributed by atoms with Crippen molar-refractivity contribution in [2.45, 2.75) is 6.92 Å². The van der Waals surface area contributed by atoms with Gasteiger partial charge in [-0.05, 0) is 6.92 Å². The first-order valence-corrected chi connectivity index (χ1v) is 3.06. The average molecular weight is 123 g/mol. The predicted octanol–water partition coefficient (Wildman–Crippen LogP) is 1.63. The van der Waals surface area contributed by atoms with Gasteiger partial charge in [0.1, 0.15) is 0 Å². The van der Waals surface area contributed by atoms with E-state index in [9.17, 15) is 0 Å². The first-order valence-electron chi connectivity index (χ1n) is 3.06. The Hall–Kier alpha value is -0.820. The number of nitrogens with two attached hydrogens (primary N) is 1. The first-order chi connectivity index (χ1) is 4.41. The Balaban J connectivity index is 3.35. The van der Waals surface area contributed by atoms with Crippen LogP contribution in [-0.2, 0) is 0 Å². The minimum absolute atomic E-state index is 0.611. The molecule has 1 heteroatoms. The van der Waals surface area contributed by atoms with Gasteiger partial charge in [-0.1, -0.05) is 36.5 Å². The molecule has 0 bridgehead atoms. The van der Waals surface area contributed by atoms with Gasteiger partial charge in [0.05, 0.1) is 0 Å². The van der Waals surface area contributed by atoms with Gasteiger partial charge in [0.15, 0.2) is 0 Å². The molecule has 0 unspecified atom stereocenters. The van der Waals surface area contributed by atoms with Crippen molar-refractivity contribution in [2.75, 3.05) is 6.54 Å². The molecule has 0 saturated carbocycles. The van der Waals surface area contributed by atoms with E-state index in [2.05, 4.69) is 0 Å². The minimum atomic E-state index is 0.611. The standard InChI is InChI=1S/C8H13N/c1-2-3-4-5-6-7-8-9/h2-7H,8-9H2,1H3/b3-2+,5-4-,7-6-. The van der Waals surface area contributed by atoms with Gasteiger partial charge >= 0.3 is 0 Å². The normalized spacial score (nSPS) is 12.7. The Bertz CT molecular complexity index is 121. The van der Waals surface area contributed by atoms with Crippen molar-refractivity contribution in [3.05, 3.63) is 36.5 Å². The fraction of sp³-hybridized carbons (Fsp3) is 0.250. The lowest BCUT2D eigenvalue weighted by molar-refractivity contribution is 1.25. The monoisotopic (exact) mass is 123 g/mol. The van der Waals surface area contributed by atoms with Gasteiger partial charge in [-0.25, -0.2) is 0 Å². The molecule has 0 rings (SSSR count). The second-order valence-corrected chi connectivity index (χ2v) is 1.57. The molecule has 0 aromatic carbocycles. The molecule has 0 radical (unpaired) electrons. The highest BCUT2D eigenvalue weighted by atomic mass is 14.5. The minimum Gasteiger partial charge on any atom is -0.327 e. The fourth-order valence-corrected chi connectivity index (χ4v) is 0.397. The molecule has 2 N–H and O–H groups in total. The number of rotatable bonds is 3. The number of hydrogen-bond acceptors (Lipinski definition) is 1. The van der Waals surface area contributed by atoms with Crippen molar-refractivity contribution in [3.8, 4) is 0 Å². The Morgan fingerprint density at radius 1 is 1.11 bits per heavy atom. The SMILES string of the molecule is C/C=C/C=C\C=C/CN. The molecule has 0 aromatic rings. The van der Waals surface area contributed by atoms with Crippen molar-refractivity contribution in [1.29, 1.82) is 0 Å². The third kappa shape index (κ3) is 7.18. The Labute approximate surface area is 56.6 Å². The molecular weight excluding hydrogens is 110 g/mol. The summed E-state index contributed by atoms with van der Waals surface area (Å²) in [5.74, 6) is 0. The lowest BCUT2D eigenvalue weighted by Gasteiger charge is -1.73. The molecular formula is C8H13N. The summed E-state index contributed by atoms with van der Waals surface area (Å²) in [6, 6.07) is 0. The van der Waals surface area contributed by atoms with Gasteiger partial charge in [-0.15, -0.1) is 0 Å². The maximum absolute atomic E-state index is 5.20. The van der Waals surface area contributed by atoms with Crippen molar-refractivity contribution in [1.82, 2.24) is 0 Å². The molecule has 0 spiro atoms. The van der Waals surface area contributed by atoms with E-state index in [0.717, 1.165) is 0 Å². The molecule has 0 atom stereocenters. The number of allylic oxidation sites excluding steroid dienone is 5. The fourth-order valence-electron chi connectivity index (χ4n) is 0.397. The van der Waals surface area contributed by atoms with Gasteiger partial charge < -0.3 is 5.73 Å². The van der Waals surface area contributed by atoms with Crippen LogP contribution in [0.1, 0.15) is 6.92 Å². The van der Waals surface area contributed by atoms with Gasteiger partial charge in [-0.3, -0.25) is 0 Å². The predicted molar refractivity (Wildman–Crippen MR) is 42.1 cm³/mol. The van der Waals surface area contributed by atoms with Gasteiger partial charge in [-0.2, -0.15) is 0 Å². The van der Waals surface area contributed by atoms with Gasteiger partial charge in [0.25, 0.3) is 0 Å². The molecule has 1 nitrogen and oxygen atoms in total. The van der Waals surface area contributed by atoms with E-state index in [-0.39, 0.29) is 0 Å². The van der Waals surface area contributed by atoms with Crippen LogP contribution in [0.2, 0.25) is 0 Å². The van der Waals surface area contributed by atoms with E-state index in [1.54, 1.807) is 0 Å². The summed E-state index contributed by atoms with van der Waals surface area (Å²) >= 11 is 0. The average Bonchev–Trinajstić information content (AvgIpc) is 1.89. The molecule has 9 heavy (non-hydrogen) atoms. The lowest BCUT2D eigenvalue weighted by Crippen LogP contribution is -1.91. The zero-order valence-corrected chi connectivity index (χ0v) is 5.75. The van der Waals surface area contributed by atoms with E-state index < -0.39 is 0 Å². The van der Waals surface area contributed by atoms with Crippen LogP contribution < -0.4 is 5.73 Å². The van der Waals surface area contributed by atoms with Crippen LogP contribution in [0.4, 0.5) is 0 Å². The molecule has 0 heterocycles. The maximum Gasteiger partial charge on any atom is 0.0109 e. The lowest BCUT2D eigenvalue weighted by atomic mass is 10.4. The van der Waals surface area contributed by atoms with Crippen LogP contribution >= 0.6 is 0 Å². The Kier molecular flexibility index (Phi) is 6.53. The summed E-state index contributed by atoms with van der Waals surface area (Å²) in [6.07, 6.45) is 11.7. The van der Waals surface area contributed by atoms with Crippen molar-refractivity contribution < 1.29 is 0 Å². The van der Waals surface area contributed by atoms with E-state index in [4.69, 9.17) is 5.73 Å². The van der Waals surface area contributed by atoms with E-state index in [1.807, 2.05) is 43.4 Å². The van der Waals surface area contributed by atoms with Crippen LogP contribution in [0.3, 0.4) is 0 Å². The highest BCUT2D eigenvalue weighted by Gasteiger charge is 1.60. The zero-order chi connectivity index (χ0) is 6.95. The van der Waals surface area contributed by atoms with Crippen LogP contribution in [0.15, 0.2) is 36.5 Å². The smallest absolute Gasteiger partial charge is 0.0109 e. The summed E-state index contributed by atoms with van der Waals surface area (Å²) in [7, 11) is 0. The molecule has 0 aliphatic carbocycles. The van der Waals surface area contributed by atoms with E-state index in [1.165, 1.54) is 0 Å². The summed E-state index contributed by atoms with van der Waals surface area (Å²) in [4.78, 5) is 0. The summed E-state index contributed by atoms with van der Waals surface area (Å²) < 4.78 is 0. The second-order valence-electron chi connectivity index (χ2n) is 1.57. The van der Waals surface area contributed by atoms with Crippen LogP contribution in [0.5, 0.6) is 0 Å². The highest BCUT2D eigenvalue weighted by molar-refractivity contribution is 5.10. The first kappa shape index (κ1) is 8.18. The van der Waals surface area contributed by atoms with Crippen LogP contribution in [-0.4, -0.2) is 6.54 Å². The van der Waals surface area contributed by atoms with E-state index in [0.29, 0.717) is 6.54 Å². The third-order valence-electron chi connectivity index (χ3n) is 0.798. The van der Waals surface area contributed by atoms with Crippen molar-refractivity contribution in [2.24, 2.45) is 5.73 Å². The Morgan fingerprint density at radius 3 is 2.33 bits per heavy atom. The van der Waals surface area contributed by atoms with Crippen molar-refractivity contribution in [3.63, 3.8) is 0 Å². The molecule has 0 aliphatic heterocycles. The number of hydrogen-bond donors (Lipinski definition) is 1. The summed E-state index contributed by atoms with van der Waals surface area (Å²) in [5, 5.41) is 0. The molecule has 0 amide bonds. The second kappa shape index (κ2) is 7.18. The summed E-state index contributed by atoms with van der Waals surface area (Å²) in [5.41, 5.74) is 5.20. The third-order valence-corrected chi connectivity index (χ3v) is 0.798. The van der Waals surface area contributed by atoms with Gasteiger partial charge in [0.2, 0.25) is 0 Å². The largest absolute Gasteiger partial charge is 0.327 e. The molecule has 0 fully saturated rings.